The Morgan fingerprint density at radius 1 is 1.31 bits per heavy atom. The molecule has 0 fully saturated rings. The van der Waals surface area contributed by atoms with Gasteiger partial charge < -0.3 is 9.84 Å². The lowest BCUT2D eigenvalue weighted by atomic mass is 9.87. The van der Waals surface area contributed by atoms with E-state index >= 15 is 0 Å². The number of ether oxygens (including phenoxy) is 1. The third-order valence-electron chi connectivity index (χ3n) is 4.49. The number of hydrogen-bond acceptors (Lipinski definition) is 6. The number of pyridine rings is 1. The highest BCUT2D eigenvalue weighted by Gasteiger charge is 2.21. The SMILES string of the molecule is CCOC(=O)CC(c1ccc(C)c(CO)c1)c1cnc2c(c1)nnn2C. The molecule has 7 heteroatoms. The summed E-state index contributed by atoms with van der Waals surface area (Å²) in [4.78, 5) is 16.6. The van der Waals surface area contributed by atoms with Crippen LogP contribution in [0.1, 0.15) is 41.5 Å². The lowest BCUT2D eigenvalue weighted by Gasteiger charge is -2.18. The van der Waals surface area contributed by atoms with Gasteiger partial charge in [-0.05, 0) is 42.2 Å². The quantitative estimate of drug-likeness (QED) is 0.683. The number of carbonyl (C=O) groups excluding carboxylic acids is 1. The van der Waals surface area contributed by atoms with Crippen molar-refractivity contribution in [1.82, 2.24) is 20.0 Å². The molecule has 7 nitrogen and oxygen atoms in total. The molecule has 0 aliphatic heterocycles. The van der Waals surface area contributed by atoms with Gasteiger partial charge in [0.25, 0.3) is 0 Å². The van der Waals surface area contributed by atoms with Gasteiger partial charge in [-0.25, -0.2) is 9.67 Å². The molecule has 0 aliphatic carbocycles. The molecular formula is C19H22N4O3. The van der Waals surface area contributed by atoms with E-state index in [0.29, 0.717) is 17.8 Å². The number of hydrogen-bond donors (Lipinski definition) is 1. The normalized spacial score (nSPS) is 12.3. The third kappa shape index (κ3) is 3.57. The van der Waals surface area contributed by atoms with E-state index in [4.69, 9.17) is 4.74 Å². The molecule has 0 saturated heterocycles. The van der Waals surface area contributed by atoms with E-state index in [0.717, 1.165) is 22.3 Å². The first-order chi connectivity index (χ1) is 12.5. The summed E-state index contributed by atoms with van der Waals surface area (Å²) in [6, 6.07) is 7.75. The second-order valence-electron chi connectivity index (χ2n) is 6.23. The topological polar surface area (TPSA) is 90.1 Å². The van der Waals surface area contributed by atoms with Crippen LogP contribution in [0.15, 0.2) is 30.5 Å². The minimum absolute atomic E-state index is 0.0484. The average molecular weight is 354 g/mol. The average Bonchev–Trinajstić information content (AvgIpc) is 3.01. The number of aliphatic hydroxyl groups is 1. The summed E-state index contributed by atoms with van der Waals surface area (Å²) in [5.41, 5.74) is 4.99. The molecule has 0 radical (unpaired) electrons. The maximum atomic E-state index is 12.2. The van der Waals surface area contributed by atoms with E-state index in [-0.39, 0.29) is 24.9 Å². The summed E-state index contributed by atoms with van der Waals surface area (Å²) >= 11 is 0. The van der Waals surface area contributed by atoms with Crippen molar-refractivity contribution in [2.75, 3.05) is 6.61 Å². The van der Waals surface area contributed by atoms with Crippen LogP contribution in [0.5, 0.6) is 0 Å². The van der Waals surface area contributed by atoms with Gasteiger partial charge in [-0.2, -0.15) is 0 Å². The fourth-order valence-electron chi connectivity index (χ4n) is 3.03. The second-order valence-corrected chi connectivity index (χ2v) is 6.23. The first kappa shape index (κ1) is 18.0. The Morgan fingerprint density at radius 3 is 2.85 bits per heavy atom. The molecule has 1 atom stereocenters. The molecule has 0 spiro atoms. The first-order valence-electron chi connectivity index (χ1n) is 8.54. The predicted octanol–water partition coefficient (Wildman–Crippen LogP) is 2.25. The first-order valence-corrected chi connectivity index (χ1v) is 8.54. The zero-order valence-corrected chi connectivity index (χ0v) is 15.1. The van der Waals surface area contributed by atoms with Crippen LogP contribution < -0.4 is 0 Å². The molecule has 0 aliphatic rings. The van der Waals surface area contributed by atoms with Crippen molar-refractivity contribution in [3.05, 3.63) is 52.7 Å². The van der Waals surface area contributed by atoms with E-state index < -0.39 is 0 Å². The van der Waals surface area contributed by atoms with Gasteiger partial charge in [-0.3, -0.25) is 4.79 Å². The minimum atomic E-state index is -0.275. The zero-order chi connectivity index (χ0) is 18.7. The van der Waals surface area contributed by atoms with Crippen LogP contribution >= 0.6 is 0 Å². The number of nitrogens with zero attached hydrogens (tertiary/aromatic N) is 4. The molecule has 0 saturated carbocycles. The zero-order valence-electron chi connectivity index (χ0n) is 15.1. The van der Waals surface area contributed by atoms with E-state index in [1.54, 1.807) is 24.9 Å². The third-order valence-corrected chi connectivity index (χ3v) is 4.49. The number of carbonyl (C=O) groups is 1. The molecule has 3 aromatic rings. The maximum Gasteiger partial charge on any atom is 0.306 e. The van der Waals surface area contributed by atoms with Crippen LogP contribution in [0.3, 0.4) is 0 Å². The number of benzene rings is 1. The summed E-state index contributed by atoms with van der Waals surface area (Å²) in [7, 11) is 1.78. The van der Waals surface area contributed by atoms with Crippen molar-refractivity contribution in [3.8, 4) is 0 Å². The van der Waals surface area contributed by atoms with Gasteiger partial charge in [0.1, 0.15) is 5.52 Å². The standard InChI is InChI=1S/C19H22N4O3/c1-4-26-18(25)9-16(13-6-5-12(2)15(7-13)11-24)14-8-17-19(20-10-14)23(3)22-21-17/h5-8,10,16,24H,4,9,11H2,1-3H3. The molecule has 1 unspecified atom stereocenters. The molecule has 0 amide bonds. The van der Waals surface area contributed by atoms with Crippen molar-refractivity contribution in [2.24, 2.45) is 7.05 Å². The van der Waals surface area contributed by atoms with Gasteiger partial charge in [-0.15, -0.1) is 5.10 Å². The largest absolute Gasteiger partial charge is 0.466 e. The van der Waals surface area contributed by atoms with Crippen molar-refractivity contribution in [1.29, 1.82) is 0 Å². The lowest BCUT2D eigenvalue weighted by molar-refractivity contribution is -0.143. The fraction of sp³-hybridized carbons (Fsp3) is 0.368. The van der Waals surface area contributed by atoms with E-state index in [1.807, 2.05) is 31.2 Å². The van der Waals surface area contributed by atoms with Crippen LogP contribution in [0.25, 0.3) is 11.2 Å². The van der Waals surface area contributed by atoms with Gasteiger partial charge in [0.15, 0.2) is 5.65 Å². The van der Waals surface area contributed by atoms with Crippen molar-refractivity contribution >= 4 is 17.1 Å². The van der Waals surface area contributed by atoms with Crippen molar-refractivity contribution in [2.45, 2.75) is 32.8 Å². The monoisotopic (exact) mass is 354 g/mol. The molecule has 0 bridgehead atoms. The second kappa shape index (κ2) is 7.61. The minimum Gasteiger partial charge on any atom is -0.466 e. The molecular weight excluding hydrogens is 332 g/mol. The van der Waals surface area contributed by atoms with Gasteiger partial charge in [0, 0.05) is 19.2 Å². The van der Waals surface area contributed by atoms with E-state index in [1.165, 1.54) is 0 Å². The molecule has 2 aromatic heterocycles. The Labute approximate surface area is 151 Å². The predicted molar refractivity (Wildman–Crippen MR) is 96.5 cm³/mol. The van der Waals surface area contributed by atoms with Gasteiger partial charge in [0.2, 0.25) is 0 Å². The Balaban J connectivity index is 2.05. The van der Waals surface area contributed by atoms with Crippen LogP contribution in [0.4, 0.5) is 0 Å². The number of aliphatic hydroxyl groups excluding tert-OH is 1. The van der Waals surface area contributed by atoms with E-state index in [2.05, 4.69) is 15.3 Å². The van der Waals surface area contributed by atoms with Gasteiger partial charge >= 0.3 is 5.97 Å². The Hall–Kier alpha value is -2.80. The highest BCUT2D eigenvalue weighted by molar-refractivity contribution is 5.73. The summed E-state index contributed by atoms with van der Waals surface area (Å²) in [5.74, 6) is -0.512. The number of esters is 1. The van der Waals surface area contributed by atoms with Crippen molar-refractivity contribution < 1.29 is 14.6 Å². The highest BCUT2D eigenvalue weighted by atomic mass is 16.5. The fourth-order valence-corrected chi connectivity index (χ4v) is 3.03. The molecule has 1 aromatic carbocycles. The van der Waals surface area contributed by atoms with Crippen LogP contribution in [-0.4, -0.2) is 37.7 Å². The smallest absolute Gasteiger partial charge is 0.306 e. The number of rotatable bonds is 6. The molecule has 3 rings (SSSR count). The lowest BCUT2D eigenvalue weighted by Crippen LogP contribution is -2.12. The number of aryl methyl sites for hydroxylation is 2. The molecule has 2 heterocycles. The molecule has 26 heavy (non-hydrogen) atoms. The Kier molecular flexibility index (Phi) is 5.27. The molecule has 1 N–H and O–H groups in total. The molecule has 136 valence electrons. The van der Waals surface area contributed by atoms with Crippen LogP contribution in [0, 0.1) is 6.92 Å². The number of aromatic nitrogens is 4. The summed E-state index contributed by atoms with van der Waals surface area (Å²) < 4.78 is 6.75. The van der Waals surface area contributed by atoms with Crippen LogP contribution in [-0.2, 0) is 23.2 Å². The Morgan fingerprint density at radius 2 is 2.12 bits per heavy atom. The van der Waals surface area contributed by atoms with Crippen LogP contribution in [0.2, 0.25) is 0 Å². The van der Waals surface area contributed by atoms with Gasteiger partial charge in [-0.1, -0.05) is 23.4 Å². The van der Waals surface area contributed by atoms with Crippen molar-refractivity contribution in [3.63, 3.8) is 0 Å². The highest BCUT2D eigenvalue weighted by Crippen LogP contribution is 2.31. The summed E-state index contributed by atoms with van der Waals surface area (Å²) in [6.07, 6.45) is 1.93. The Bertz CT molecular complexity index is 936. The van der Waals surface area contributed by atoms with E-state index in [9.17, 15) is 9.90 Å². The number of fused-ring (bicyclic) bond motifs is 1. The maximum absolute atomic E-state index is 12.2. The van der Waals surface area contributed by atoms with Gasteiger partial charge in [0.05, 0.1) is 19.6 Å². The summed E-state index contributed by atoms with van der Waals surface area (Å²) in [6.45, 7) is 4.02. The summed E-state index contributed by atoms with van der Waals surface area (Å²) in [5, 5.41) is 17.7.